The number of rotatable bonds is 9. The molecule has 0 amide bonds. The SMILES string of the molecule is COc1ccc(CCS(=O)(=O)NCC[C@H](O)c2ccccc2)cc1. The van der Waals surface area contributed by atoms with Crippen molar-refractivity contribution in [3.63, 3.8) is 0 Å². The smallest absolute Gasteiger partial charge is 0.211 e. The van der Waals surface area contributed by atoms with E-state index in [9.17, 15) is 13.5 Å². The minimum atomic E-state index is -3.37. The summed E-state index contributed by atoms with van der Waals surface area (Å²) in [5, 5.41) is 10.0. The molecule has 0 aliphatic rings. The van der Waals surface area contributed by atoms with Crippen LogP contribution in [-0.4, -0.2) is 32.9 Å². The van der Waals surface area contributed by atoms with Gasteiger partial charge in [-0.2, -0.15) is 0 Å². The molecule has 0 saturated carbocycles. The van der Waals surface area contributed by atoms with E-state index in [0.29, 0.717) is 12.8 Å². The fourth-order valence-corrected chi connectivity index (χ4v) is 3.39. The quantitative estimate of drug-likeness (QED) is 0.728. The molecule has 2 rings (SSSR count). The lowest BCUT2D eigenvalue weighted by molar-refractivity contribution is 0.169. The van der Waals surface area contributed by atoms with Crippen LogP contribution in [-0.2, 0) is 16.4 Å². The standard InChI is InChI=1S/C18H23NO4S/c1-23-17-9-7-15(8-10-17)12-14-24(21,22)19-13-11-18(20)16-5-3-2-4-6-16/h2-10,18-20H,11-14H2,1H3/t18-/m0/s1. The zero-order chi connectivity index (χ0) is 17.4. The van der Waals surface area contributed by atoms with Gasteiger partial charge in [-0.1, -0.05) is 42.5 Å². The molecule has 0 unspecified atom stereocenters. The zero-order valence-electron chi connectivity index (χ0n) is 13.7. The van der Waals surface area contributed by atoms with E-state index in [1.807, 2.05) is 54.6 Å². The Morgan fingerprint density at radius 3 is 2.38 bits per heavy atom. The summed E-state index contributed by atoms with van der Waals surface area (Å²) < 4.78 is 31.7. The highest BCUT2D eigenvalue weighted by Gasteiger charge is 2.12. The van der Waals surface area contributed by atoms with E-state index in [4.69, 9.17) is 4.74 Å². The Hall–Kier alpha value is -1.89. The van der Waals surface area contributed by atoms with Crippen molar-refractivity contribution < 1.29 is 18.3 Å². The van der Waals surface area contributed by atoms with Gasteiger partial charge in [0.2, 0.25) is 10.0 Å². The van der Waals surface area contributed by atoms with E-state index < -0.39 is 16.1 Å². The molecule has 6 heteroatoms. The van der Waals surface area contributed by atoms with E-state index >= 15 is 0 Å². The van der Waals surface area contributed by atoms with Gasteiger partial charge in [-0.05, 0) is 36.1 Å². The average molecular weight is 349 g/mol. The third-order valence-electron chi connectivity index (χ3n) is 3.74. The van der Waals surface area contributed by atoms with Crippen LogP contribution in [0.1, 0.15) is 23.7 Å². The monoisotopic (exact) mass is 349 g/mol. The normalized spacial score (nSPS) is 12.8. The lowest BCUT2D eigenvalue weighted by atomic mass is 10.1. The first kappa shape index (κ1) is 18.4. The van der Waals surface area contributed by atoms with Crippen LogP contribution in [0.15, 0.2) is 54.6 Å². The Kier molecular flexibility index (Phi) is 6.78. The maximum atomic E-state index is 12.0. The molecule has 130 valence electrons. The highest BCUT2D eigenvalue weighted by atomic mass is 32.2. The van der Waals surface area contributed by atoms with Gasteiger partial charge in [0.1, 0.15) is 5.75 Å². The molecule has 1 atom stereocenters. The second kappa shape index (κ2) is 8.82. The molecule has 0 spiro atoms. The van der Waals surface area contributed by atoms with Crippen molar-refractivity contribution in [3.05, 3.63) is 65.7 Å². The van der Waals surface area contributed by atoms with E-state index in [1.165, 1.54) is 0 Å². The van der Waals surface area contributed by atoms with Gasteiger partial charge >= 0.3 is 0 Å². The van der Waals surface area contributed by atoms with Gasteiger partial charge in [0, 0.05) is 6.54 Å². The second-order valence-electron chi connectivity index (χ2n) is 5.53. The lowest BCUT2D eigenvalue weighted by Gasteiger charge is -2.12. The van der Waals surface area contributed by atoms with Crippen molar-refractivity contribution in [2.45, 2.75) is 18.9 Å². The van der Waals surface area contributed by atoms with Crippen LogP contribution < -0.4 is 9.46 Å². The number of sulfonamides is 1. The minimum absolute atomic E-state index is 0.0146. The van der Waals surface area contributed by atoms with Crippen molar-refractivity contribution in [2.75, 3.05) is 19.4 Å². The summed E-state index contributed by atoms with van der Waals surface area (Å²) in [4.78, 5) is 0. The van der Waals surface area contributed by atoms with Gasteiger partial charge in [0.15, 0.2) is 0 Å². The molecule has 2 aromatic carbocycles. The van der Waals surface area contributed by atoms with Gasteiger partial charge < -0.3 is 9.84 Å². The number of aliphatic hydroxyl groups excluding tert-OH is 1. The topological polar surface area (TPSA) is 75.6 Å². The third-order valence-corrected chi connectivity index (χ3v) is 5.13. The second-order valence-corrected chi connectivity index (χ2v) is 7.45. The molecular formula is C18H23NO4S. The summed E-state index contributed by atoms with van der Waals surface area (Å²) in [6.45, 7) is 0.209. The highest BCUT2D eigenvalue weighted by Crippen LogP contribution is 2.15. The summed E-state index contributed by atoms with van der Waals surface area (Å²) in [5.74, 6) is 0.760. The van der Waals surface area contributed by atoms with Crippen LogP contribution in [0, 0.1) is 0 Å². The lowest BCUT2D eigenvalue weighted by Crippen LogP contribution is -2.29. The Morgan fingerprint density at radius 2 is 1.75 bits per heavy atom. The molecule has 0 saturated heterocycles. The Labute approximate surface area is 143 Å². The Balaban J connectivity index is 1.76. The predicted octanol–water partition coefficient (Wildman–Crippen LogP) is 2.28. The Morgan fingerprint density at radius 1 is 1.08 bits per heavy atom. The number of hydrogen-bond acceptors (Lipinski definition) is 4. The first-order valence-electron chi connectivity index (χ1n) is 7.83. The number of aliphatic hydroxyl groups is 1. The summed E-state index contributed by atoms with van der Waals surface area (Å²) in [6.07, 6.45) is 0.0993. The van der Waals surface area contributed by atoms with Crippen molar-refractivity contribution in [2.24, 2.45) is 0 Å². The molecule has 2 N–H and O–H groups in total. The molecule has 0 aromatic heterocycles. The molecule has 2 aromatic rings. The third kappa shape index (κ3) is 5.96. The fourth-order valence-electron chi connectivity index (χ4n) is 2.31. The van der Waals surface area contributed by atoms with Gasteiger partial charge in [0.05, 0.1) is 19.0 Å². The molecule has 0 bridgehead atoms. The molecule has 0 radical (unpaired) electrons. The minimum Gasteiger partial charge on any atom is -0.497 e. The first-order valence-corrected chi connectivity index (χ1v) is 9.49. The van der Waals surface area contributed by atoms with Gasteiger partial charge in [-0.25, -0.2) is 13.1 Å². The van der Waals surface area contributed by atoms with Gasteiger partial charge in [0.25, 0.3) is 0 Å². The van der Waals surface area contributed by atoms with Crippen molar-refractivity contribution in [1.82, 2.24) is 4.72 Å². The van der Waals surface area contributed by atoms with E-state index in [2.05, 4.69) is 4.72 Å². The van der Waals surface area contributed by atoms with Crippen molar-refractivity contribution in [1.29, 1.82) is 0 Å². The molecule has 24 heavy (non-hydrogen) atoms. The molecule has 0 aliphatic heterocycles. The van der Waals surface area contributed by atoms with Crippen LogP contribution in [0.3, 0.4) is 0 Å². The maximum absolute atomic E-state index is 12.0. The summed E-state index contributed by atoms with van der Waals surface area (Å²) in [6, 6.07) is 16.5. The number of aryl methyl sites for hydroxylation is 1. The van der Waals surface area contributed by atoms with E-state index in [1.54, 1.807) is 7.11 Å². The summed E-state index contributed by atoms with van der Waals surface area (Å²) in [5.41, 5.74) is 1.72. The van der Waals surface area contributed by atoms with Crippen LogP contribution in [0.4, 0.5) is 0 Å². The average Bonchev–Trinajstić information content (AvgIpc) is 2.61. The van der Waals surface area contributed by atoms with Crippen LogP contribution in [0.2, 0.25) is 0 Å². The van der Waals surface area contributed by atoms with Gasteiger partial charge in [-0.3, -0.25) is 0 Å². The predicted molar refractivity (Wildman–Crippen MR) is 94.5 cm³/mol. The fraction of sp³-hybridized carbons (Fsp3) is 0.333. The number of hydrogen-bond donors (Lipinski definition) is 2. The molecule has 5 nitrogen and oxygen atoms in total. The van der Waals surface area contributed by atoms with Crippen molar-refractivity contribution >= 4 is 10.0 Å². The first-order chi connectivity index (χ1) is 11.5. The summed E-state index contributed by atoms with van der Waals surface area (Å²) in [7, 11) is -1.78. The molecular weight excluding hydrogens is 326 g/mol. The molecule has 0 aliphatic carbocycles. The zero-order valence-corrected chi connectivity index (χ0v) is 14.5. The van der Waals surface area contributed by atoms with Crippen LogP contribution in [0.5, 0.6) is 5.75 Å². The number of ether oxygens (including phenoxy) is 1. The van der Waals surface area contributed by atoms with Gasteiger partial charge in [-0.15, -0.1) is 0 Å². The summed E-state index contributed by atoms with van der Waals surface area (Å²) >= 11 is 0. The van der Waals surface area contributed by atoms with E-state index in [-0.39, 0.29) is 12.3 Å². The molecule has 0 heterocycles. The molecule has 0 fully saturated rings. The number of benzene rings is 2. The van der Waals surface area contributed by atoms with Crippen LogP contribution in [0.25, 0.3) is 0 Å². The maximum Gasteiger partial charge on any atom is 0.211 e. The van der Waals surface area contributed by atoms with Crippen molar-refractivity contribution in [3.8, 4) is 5.75 Å². The Bertz CT molecular complexity index is 714. The largest absolute Gasteiger partial charge is 0.497 e. The number of methoxy groups -OCH3 is 1. The van der Waals surface area contributed by atoms with Crippen LogP contribution >= 0.6 is 0 Å². The van der Waals surface area contributed by atoms with E-state index in [0.717, 1.165) is 16.9 Å². The highest BCUT2D eigenvalue weighted by molar-refractivity contribution is 7.89. The number of nitrogens with one attached hydrogen (secondary N) is 1.